The second-order valence-corrected chi connectivity index (χ2v) is 3.29. The maximum absolute atomic E-state index is 8.85. The van der Waals surface area contributed by atoms with Gasteiger partial charge in [-0.3, -0.25) is 4.68 Å². The van der Waals surface area contributed by atoms with Crippen LogP contribution < -0.4 is 0 Å². The standard InChI is InChI=1S/C9H11N3O/c1-6-9(3-10)7(2)12(11-6)8-4-13-5-8/h8H,4-5H2,1-2H3. The first-order valence-electron chi connectivity index (χ1n) is 4.27. The highest BCUT2D eigenvalue weighted by atomic mass is 16.5. The molecule has 2 heterocycles. The van der Waals surface area contributed by atoms with E-state index in [0.717, 1.165) is 11.4 Å². The molecule has 0 amide bonds. The Morgan fingerprint density at radius 2 is 2.23 bits per heavy atom. The van der Waals surface area contributed by atoms with Gasteiger partial charge in [0.15, 0.2) is 0 Å². The minimum absolute atomic E-state index is 0.334. The van der Waals surface area contributed by atoms with E-state index in [0.29, 0.717) is 24.8 Å². The van der Waals surface area contributed by atoms with E-state index in [1.807, 2.05) is 18.5 Å². The third kappa shape index (κ3) is 1.12. The Hall–Kier alpha value is -1.34. The lowest BCUT2D eigenvalue weighted by atomic mass is 10.2. The van der Waals surface area contributed by atoms with Crippen LogP contribution in [0.25, 0.3) is 0 Å². The summed E-state index contributed by atoms with van der Waals surface area (Å²) in [6, 6.07) is 2.50. The van der Waals surface area contributed by atoms with E-state index in [-0.39, 0.29) is 0 Å². The Bertz CT molecular complexity index is 371. The van der Waals surface area contributed by atoms with Crippen LogP contribution in [-0.2, 0) is 4.74 Å². The average Bonchev–Trinajstić information content (AvgIpc) is 2.25. The summed E-state index contributed by atoms with van der Waals surface area (Å²) in [4.78, 5) is 0. The topological polar surface area (TPSA) is 50.8 Å². The lowest BCUT2D eigenvalue weighted by Crippen LogP contribution is -2.32. The molecule has 0 aromatic carbocycles. The minimum Gasteiger partial charge on any atom is -0.377 e. The molecule has 0 atom stereocenters. The third-order valence-corrected chi connectivity index (χ3v) is 2.40. The Morgan fingerprint density at radius 1 is 1.54 bits per heavy atom. The van der Waals surface area contributed by atoms with Crippen LogP contribution in [0.5, 0.6) is 0 Å². The molecule has 4 heteroatoms. The highest BCUT2D eigenvalue weighted by Crippen LogP contribution is 2.21. The van der Waals surface area contributed by atoms with Crippen molar-refractivity contribution in [1.82, 2.24) is 9.78 Å². The van der Waals surface area contributed by atoms with Crippen molar-refractivity contribution < 1.29 is 4.74 Å². The van der Waals surface area contributed by atoms with Gasteiger partial charge >= 0.3 is 0 Å². The Morgan fingerprint density at radius 3 is 2.62 bits per heavy atom. The molecule has 0 saturated carbocycles. The largest absolute Gasteiger partial charge is 0.377 e. The quantitative estimate of drug-likeness (QED) is 0.641. The zero-order valence-electron chi connectivity index (χ0n) is 7.74. The predicted molar refractivity (Wildman–Crippen MR) is 46.3 cm³/mol. The van der Waals surface area contributed by atoms with Gasteiger partial charge < -0.3 is 4.74 Å². The molecule has 0 N–H and O–H groups in total. The maximum atomic E-state index is 8.85. The van der Waals surface area contributed by atoms with Crippen LogP contribution >= 0.6 is 0 Å². The monoisotopic (exact) mass is 177 g/mol. The first kappa shape index (κ1) is 8.27. The second-order valence-electron chi connectivity index (χ2n) is 3.29. The van der Waals surface area contributed by atoms with Crippen LogP contribution in [0.15, 0.2) is 0 Å². The smallest absolute Gasteiger partial charge is 0.103 e. The van der Waals surface area contributed by atoms with Gasteiger partial charge in [0, 0.05) is 0 Å². The lowest BCUT2D eigenvalue weighted by Gasteiger charge is -2.27. The Kier molecular flexibility index (Phi) is 1.82. The SMILES string of the molecule is Cc1nn(C2COC2)c(C)c1C#N. The van der Waals surface area contributed by atoms with Crippen LogP contribution in [0.2, 0.25) is 0 Å². The van der Waals surface area contributed by atoms with Crippen molar-refractivity contribution >= 4 is 0 Å². The van der Waals surface area contributed by atoms with Gasteiger partial charge in [0.1, 0.15) is 6.07 Å². The number of hydrogen-bond donors (Lipinski definition) is 0. The summed E-state index contributed by atoms with van der Waals surface area (Å²) >= 11 is 0. The molecule has 0 radical (unpaired) electrons. The van der Waals surface area contributed by atoms with Gasteiger partial charge in [0.25, 0.3) is 0 Å². The van der Waals surface area contributed by atoms with Crippen molar-refractivity contribution in [1.29, 1.82) is 5.26 Å². The Labute approximate surface area is 76.7 Å². The first-order chi connectivity index (χ1) is 6.24. The highest BCUT2D eigenvalue weighted by Gasteiger charge is 2.24. The summed E-state index contributed by atoms with van der Waals surface area (Å²) in [6.45, 7) is 5.22. The van der Waals surface area contributed by atoms with Gasteiger partial charge in [-0.2, -0.15) is 10.4 Å². The van der Waals surface area contributed by atoms with Crippen molar-refractivity contribution in [2.75, 3.05) is 13.2 Å². The number of ether oxygens (including phenoxy) is 1. The number of aromatic nitrogens is 2. The molecular formula is C9H11N3O. The molecule has 68 valence electrons. The maximum Gasteiger partial charge on any atom is 0.103 e. The minimum atomic E-state index is 0.334. The second kappa shape index (κ2) is 2.86. The van der Waals surface area contributed by atoms with Crippen LogP contribution in [0.3, 0.4) is 0 Å². The van der Waals surface area contributed by atoms with Crippen molar-refractivity contribution in [3.05, 3.63) is 17.0 Å². The van der Waals surface area contributed by atoms with E-state index < -0.39 is 0 Å². The molecular weight excluding hydrogens is 166 g/mol. The van der Waals surface area contributed by atoms with Crippen LogP contribution in [0.1, 0.15) is 23.0 Å². The van der Waals surface area contributed by atoms with E-state index >= 15 is 0 Å². The number of nitrogens with zero attached hydrogens (tertiary/aromatic N) is 3. The molecule has 1 aliphatic rings. The molecule has 1 fully saturated rings. The summed E-state index contributed by atoms with van der Waals surface area (Å²) < 4.78 is 6.98. The summed E-state index contributed by atoms with van der Waals surface area (Å²) in [6.07, 6.45) is 0. The summed E-state index contributed by atoms with van der Waals surface area (Å²) in [5.41, 5.74) is 2.46. The molecule has 0 unspecified atom stereocenters. The molecule has 0 aliphatic carbocycles. The number of rotatable bonds is 1. The normalized spacial score (nSPS) is 16.7. The number of hydrogen-bond acceptors (Lipinski definition) is 3. The molecule has 1 aromatic heterocycles. The fraction of sp³-hybridized carbons (Fsp3) is 0.556. The van der Waals surface area contributed by atoms with Crippen molar-refractivity contribution in [3.8, 4) is 6.07 Å². The molecule has 1 saturated heterocycles. The molecule has 4 nitrogen and oxygen atoms in total. The zero-order chi connectivity index (χ0) is 9.42. The average molecular weight is 177 g/mol. The van der Waals surface area contributed by atoms with Gasteiger partial charge in [-0.05, 0) is 13.8 Å². The molecule has 13 heavy (non-hydrogen) atoms. The molecule has 1 aromatic rings. The fourth-order valence-electron chi connectivity index (χ4n) is 1.54. The summed E-state index contributed by atoms with van der Waals surface area (Å²) in [5, 5.41) is 13.2. The van der Waals surface area contributed by atoms with Crippen LogP contribution in [0, 0.1) is 25.2 Å². The fourth-order valence-corrected chi connectivity index (χ4v) is 1.54. The summed E-state index contributed by atoms with van der Waals surface area (Å²) in [7, 11) is 0. The van der Waals surface area contributed by atoms with Crippen molar-refractivity contribution in [2.45, 2.75) is 19.9 Å². The van der Waals surface area contributed by atoms with E-state index in [9.17, 15) is 0 Å². The van der Waals surface area contributed by atoms with E-state index in [2.05, 4.69) is 11.2 Å². The number of aryl methyl sites for hydroxylation is 1. The Balaban J connectivity index is 2.42. The first-order valence-corrected chi connectivity index (χ1v) is 4.27. The van der Waals surface area contributed by atoms with Crippen molar-refractivity contribution in [3.63, 3.8) is 0 Å². The highest BCUT2D eigenvalue weighted by molar-refractivity contribution is 5.37. The summed E-state index contributed by atoms with van der Waals surface area (Å²) in [5.74, 6) is 0. The van der Waals surface area contributed by atoms with Crippen LogP contribution in [-0.4, -0.2) is 23.0 Å². The van der Waals surface area contributed by atoms with E-state index in [1.54, 1.807) is 0 Å². The van der Waals surface area contributed by atoms with Gasteiger partial charge in [-0.15, -0.1) is 0 Å². The van der Waals surface area contributed by atoms with E-state index in [4.69, 9.17) is 10.00 Å². The van der Waals surface area contributed by atoms with Gasteiger partial charge in [0.2, 0.25) is 0 Å². The predicted octanol–water partition coefficient (Wildman–Crippen LogP) is 0.943. The van der Waals surface area contributed by atoms with Gasteiger partial charge in [-0.25, -0.2) is 0 Å². The third-order valence-electron chi connectivity index (χ3n) is 2.40. The van der Waals surface area contributed by atoms with Gasteiger partial charge in [-0.1, -0.05) is 0 Å². The lowest BCUT2D eigenvalue weighted by molar-refractivity contribution is -0.0296. The molecule has 1 aliphatic heterocycles. The van der Waals surface area contributed by atoms with Crippen molar-refractivity contribution in [2.24, 2.45) is 0 Å². The zero-order valence-corrected chi connectivity index (χ0v) is 7.74. The van der Waals surface area contributed by atoms with E-state index in [1.165, 1.54) is 0 Å². The molecule has 0 bridgehead atoms. The molecule has 0 spiro atoms. The molecule has 2 rings (SSSR count). The van der Waals surface area contributed by atoms with Gasteiger partial charge in [0.05, 0.1) is 36.2 Å². The number of nitriles is 1. The van der Waals surface area contributed by atoms with Crippen LogP contribution in [0.4, 0.5) is 0 Å².